The minimum Gasteiger partial charge on any atom is -0.506 e. The predicted molar refractivity (Wildman–Crippen MR) is 112 cm³/mol. The molecule has 0 radical (unpaired) electrons. The van der Waals surface area contributed by atoms with Crippen molar-refractivity contribution in [3.05, 3.63) is 74.3 Å². The summed E-state index contributed by atoms with van der Waals surface area (Å²) < 4.78 is 17.0. The van der Waals surface area contributed by atoms with Crippen LogP contribution in [0.5, 0.6) is 28.7 Å². The molecule has 0 amide bonds. The first-order chi connectivity index (χ1) is 15.2. The number of ether oxygens (including phenoxy) is 3. The molecule has 2 aliphatic heterocycles. The summed E-state index contributed by atoms with van der Waals surface area (Å²) in [7, 11) is 1.30. The molecule has 0 atom stereocenters. The Labute approximate surface area is 190 Å². The third-order valence-electron chi connectivity index (χ3n) is 5.51. The molecule has 10 heteroatoms. The second kappa shape index (κ2) is 6.69. The highest BCUT2D eigenvalue weighted by atomic mass is 35.5. The zero-order valence-electron chi connectivity index (χ0n) is 16.1. The topological polar surface area (TPSA) is 123 Å². The number of halogens is 2. The van der Waals surface area contributed by atoms with Gasteiger partial charge in [0, 0.05) is 16.7 Å². The SMILES string of the molecule is COc1cc(C(=O)O)cc2c1C(=O)OC21c2ccc(O)c(Cl)c2Oc2c1ccc(O)c2Cl. The van der Waals surface area contributed by atoms with Gasteiger partial charge in [-0.25, -0.2) is 9.59 Å². The van der Waals surface area contributed by atoms with Crippen molar-refractivity contribution in [2.24, 2.45) is 0 Å². The molecule has 0 aliphatic carbocycles. The number of carboxylic acids is 1. The van der Waals surface area contributed by atoms with Gasteiger partial charge in [-0.2, -0.15) is 0 Å². The summed E-state index contributed by atoms with van der Waals surface area (Å²) >= 11 is 12.6. The summed E-state index contributed by atoms with van der Waals surface area (Å²) in [6.07, 6.45) is 0. The Hall–Kier alpha value is -3.62. The van der Waals surface area contributed by atoms with Crippen LogP contribution in [0.3, 0.4) is 0 Å². The lowest BCUT2D eigenvalue weighted by Crippen LogP contribution is -2.33. The summed E-state index contributed by atoms with van der Waals surface area (Å²) in [5.41, 5.74) is -1.25. The Balaban J connectivity index is 1.97. The van der Waals surface area contributed by atoms with Crippen LogP contribution < -0.4 is 9.47 Å². The number of methoxy groups -OCH3 is 1. The van der Waals surface area contributed by atoms with Crippen LogP contribution >= 0.6 is 23.2 Å². The van der Waals surface area contributed by atoms with E-state index >= 15 is 0 Å². The fourth-order valence-corrected chi connectivity index (χ4v) is 4.53. The highest BCUT2D eigenvalue weighted by molar-refractivity contribution is 6.34. The molecule has 32 heavy (non-hydrogen) atoms. The Morgan fingerprint density at radius 3 is 2.03 bits per heavy atom. The minimum atomic E-state index is -1.73. The lowest BCUT2D eigenvalue weighted by Gasteiger charge is -2.37. The molecule has 8 nitrogen and oxygen atoms in total. The van der Waals surface area contributed by atoms with Crippen molar-refractivity contribution < 1.29 is 39.1 Å². The minimum absolute atomic E-state index is 0.00566. The number of benzene rings is 3. The maximum Gasteiger partial charge on any atom is 0.343 e. The fraction of sp³-hybridized carbons (Fsp3) is 0.0909. The van der Waals surface area contributed by atoms with E-state index in [0.29, 0.717) is 0 Å². The van der Waals surface area contributed by atoms with Gasteiger partial charge in [0.2, 0.25) is 0 Å². The smallest absolute Gasteiger partial charge is 0.343 e. The normalized spacial score (nSPS) is 14.8. The summed E-state index contributed by atoms with van der Waals surface area (Å²) in [6, 6.07) is 8.00. The van der Waals surface area contributed by atoms with Crippen LogP contribution in [0.25, 0.3) is 0 Å². The molecule has 5 rings (SSSR count). The van der Waals surface area contributed by atoms with Crippen LogP contribution in [-0.2, 0) is 10.3 Å². The molecule has 0 unspecified atom stereocenters. The zero-order valence-corrected chi connectivity index (χ0v) is 17.6. The zero-order chi connectivity index (χ0) is 22.9. The molecule has 162 valence electrons. The number of esters is 1. The maximum atomic E-state index is 13.1. The summed E-state index contributed by atoms with van der Waals surface area (Å²) in [4.78, 5) is 24.9. The molecule has 2 aliphatic rings. The Morgan fingerprint density at radius 2 is 1.53 bits per heavy atom. The average molecular weight is 475 g/mol. The Kier molecular flexibility index (Phi) is 4.24. The Bertz CT molecular complexity index is 1310. The summed E-state index contributed by atoms with van der Waals surface area (Å²) in [5, 5.41) is 29.5. The van der Waals surface area contributed by atoms with Crippen molar-refractivity contribution in [3.8, 4) is 28.7 Å². The van der Waals surface area contributed by atoms with Crippen molar-refractivity contribution >= 4 is 35.1 Å². The number of hydrogen-bond donors (Lipinski definition) is 3. The fourth-order valence-electron chi connectivity index (χ4n) is 4.13. The number of aromatic hydroxyl groups is 2. The first-order valence-electron chi connectivity index (χ1n) is 9.11. The number of carboxylic acid groups (broad SMARTS) is 1. The Morgan fingerprint density at radius 1 is 0.969 bits per heavy atom. The van der Waals surface area contributed by atoms with E-state index in [1.165, 1.54) is 43.5 Å². The molecule has 0 aromatic heterocycles. The predicted octanol–water partition coefficient (Wildman–Crippen LogP) is 4.68. The van der Waals surface area contributed by atoms with E-state index in [1.54, 1.807) is 0 Å². The van der Waals surface area contributed by atoms with Crippen molar-refractivity contribution in [1.29, 1.82) is 0 Å². The highest BCUT2D eigenvalue weighted by Gasteiger charge is 2.56. The van der Waals surface area contributed by atoms with E-state index in [0.717, 1.165) is 0 Å². The van der Waals surface area contributed by atoms with Gasteiger partial charge in [-0.05, 0) is 36.4 Å². The number of rotatable bonds is 2. The third-order valence-corrected chi connectivity index (χ3v) is 6.24. The molecular formula is C22H12Cl2O8. The molecule has 3 N–H and O–H groups in total. The van der Waals surface area contributed by atoms with Crippen LogP contribution in [0, 0.1) is 0 Å². The van der Waals surface area contributed by atoms with E-state index in [-0.39, 0.29) is 66.6 Å². The van der Waals surface area contributed by atoms with E-state index in [1.807, 2.05) is 0 Å². The van der Waals surface area contributed by atoms with E-state index < -0.39 is 17.5 Å². The van der Waals surface area contributed by atoms with Gasteiger partial charge in [0.15, 0.2) is 17.1 Å². The molecule has 1 spiro atoms. The number of fused-ring (bicyclic) bond motifs is 6. The number of aromatic carboxylic acids is 1. The third kappa shape index (κ3) is 2.44. The molecule has 0 saturated heterocycles. The van der Waals surface area contributed by atoms with Crippen LogP contribution in [-0.4, -0.2) is 34.4 Å². The largest absolute Gasteiger partial charge is 0.506 e. The molecule has 2 heterocycles. The monoisotopic (exact) mass is 474 g/mol. The number of hydrogen-bond acceptors (Lipinski definition) is 7. The van der Waals surface area contributed by atoms with Crippen molar-refractivity contribution in [2.45, 2.75) is 5.60 Å². The van der Waals surface area contributed by atoms with Gasteiger partial charge >= 0.3 is 11.9 Å². The van der Waals surface area contributed by atoms with Gasteiger partial charge in [-0.1, -0.05) is 23.2 Å². The first-order valence-corrected chi connectivity index (χ1v) is 9.87. The molecule has 3 aromatic carbocycles. The second-order valence-electron chi connectivity index (χ2n) is 7.13. The lowest BCUT2D eigenvalue weighted by atomic mass is 9.77. The van der Waals surface area contributed by atoms with Gasteiger partial charge in [-0.3, -0.25) is 0 Å². The number of phenols is 2. The molecule has 3 aromatic rings. The van der Waals surface area contributed by atoms with Crippen LogP contribution in [0.2, 0.25) is 10.0 Å². The van der Waals surface area contributed by atoms with Gasteiger partial charge in [-0.15, -0.1) is 0 Å². The highest BCUT2D eigenvalue weighted by Crippen LogP contribution is 2.61. The molecular weight excluding hydrogens is 463 g/mol. The number of carbonyl (C=O) groups excluding carboxylic acids is 1. The number of carbonyl (C=O) groups is 2. The second-order valence-corrected chi connectivity index (χ2v) is 7.89. The van der Waals surface area contributed by atoms with E-state index in [2.05, 4.69) is 0 Å². The van der Waals surface area contributed by atoms with Crippen molar-refractivity contribution in [3.63, 3.8) is 0 Å². The van der Waals surface area contributed by atoms with Crippen LogP contribution in [0.1, 0.15) is 37.4 Å². The van der Waals surface area contributed by atoms with Crippen LogP contribution in [0.15, 0.2) is 36.4 Å². The van der Waals surface area contributed by atoms with Gasteiger partial charge < -0.3 is 29.5 Å². The maximum absolute atomic E-state index is 13.1. The quantitative estimate of drug-likeness (QED) is 0.457. The van der Waals surface area contributed by atoms with E-state index in [4.69, 9.17) is 37.4 Å². The van der Waals surface area contributed by atoms with Crippen LogP contribution in [0.4, 0.5) is 0 Å². The van der Waals surface area contributed by atoms with Crippen molar-refractivity contribution in [1.82, 2.24) is 0 Å². The first kappa shape index (κ1) is 20.3. The lowest BCUT2D eigenvalue weighted by molar-refractivity contribution is 0.0223. The standard InChI is InChI=1S/C22H12Cl2O8/c1-30-14-7-8(20(27)28)6-11-15(14)21(29)32-22(11)9-2-4-12(25)16(23)18(9)31-19-10(22)3-5-13(26)17(19)24/h2-7,25-26H,1H3,(H,27,28). The summed E-state index contributed by atoms with van der Waals surface area (Å²) in [5.74, 6) is -2.75. The molecule has 0 fully saturated rings. The molecule has 0 bridgehead atoms. The molecule has 0 saturated carbocycles. The van der Waals surface area contributed by atoms with Gasteiger partial charge in [0.05, 0.1) is 12.7 Å². The van der Waals surface area contributed by atoms with Crippen molar-refractivity contribution in [2.75, 3.05) is 7.11 Å². The van der Waals surface area contributed by atoms with Gasteiger partial charge in [0.1, 0.15) is 32.9 Å². The average Bonchev–Trinajstić information content (AvgIpc) is 3.06. The van der Waals surface area contributed by atoms with E-state index in [9.17, 15) is 24.9 Å². The summed E-state index contributed by atoms with van der Waals surface area (Å²) in [6.45, 7) is 0. The number of phenolic OH excluding ortho intramolecular Hbond substituents is 2. The van der Waals surface area contributed by atoms with Gasteiger partial charge in [0.25, 0.3) is 0 Å².